The van der Waals surface area contributed by atoms with Gasteiger partial charge in [-0.2, -0.15) is 0 Å². The number of rotatable bonds is 2. The van der Waals surface area contributed by atoms with Crippen LogP contribution in [0.4, 0.5) is 5.69 Å². The molecular formula is C17H18N2O5S. The van der Waals surface area contributed by atoms with E-state index < -0.39 is 22.2 Å². The fraction of sp³-hybridized carbons (Fsp3) is 0.412. The van der Waals surface area contributed by atoms with Gasteiger partial charge in [0.2, 0.25) is 5.78 Å². The lowest BCUT2D eigenvalue weighted by Gasteiger charge is -2.53. The zero-order valence-corrected chi connectivity index (χ0v) is 14.9. The monoisotopic (exact) mass is 362 g/mol. The quantitative estimate of drug-likeness (QED) is 0.490. The number of carbonyl (C=O) groups is 1. The molecule has 0 bridgehead atoms. The third-order valence-electron chi connectivity index (χ3n) is 4.97. The minimum Gasteiger partial charge on any atom is -0.484 e. The van der Waals surface area contributed by atoms with Crippen LogP contribution in [-0.2, 0) is 4.79 Å². The highest BCUT2D eigenvalue weighted by molar-refractivity contribution is 7.82. The van der Waals surface area contributed by atoms with Gasteiger partial charge >= 0.3 is 0 Å². The van der Waals surface area contributed by atoms with Gasteiger partial charge in [0.1, 0.15) is 17.0 Å². The maximum atomic E-state index is 12.0. The minimum absolute atomic E-state index is 0.0722. The molecule has 2 aliphatic rings. The number of fused-ring (bicyclic) bond motifs is 1. The van der Waals surface area contributed by atoms with Crippen molar-refractivity contribution in [3.8, 4) is 5.75 Å². The van der Waals surface area contributed by atoms with E-state index in [0.717, 1.165) is 0 Å². The van der Waals surface area contributed by atoms with Crippen LogP contribution in [-0.4, -0.2) is 43.4 Å². The van der Waals surface area contributed by atoms with E-state index in [0.29, 0.717) is 17.9 Å². The number of nitrogens with zero attached hydrogens (tertiary/aromatic N) is 2. The number of ether oxygens (including phenoxy) is 1. The topological polar surface area (TPSA) is 92.9 Å². The molecule has 0 aliphatic carbocycles. The Morgan fingerprint density at radius 2 is 2.08 bits per heavy atom. The Labute approximate surface area is 150 Å². The Balaban J connectivity index is 2.22. The van der Waals surface area contributed by atoms with Crippen molar-refractivity contribution in [2.75, 3.05) is 6.54 Å². The van der Waals surface area contributed by atoms with Gasteiger partial charge in [-0.25, -0.2) is 0 Å². The van der Waals surface area contributed by atoms with E-state index in [9.17, 15) is 20.0 Å². The molecule has 2 unspecified atom stereocenters. The molecule has 0 spiro atoms. The van der Waals surface area contributed by atoms with Gasteiger partial charge in [-0.15, -0.1) is 0 Å². The fourth-order valence-electron chi connectivity index (χ4n) is 3.23. The van der Waals surface area contributed by atoms with Crippen molar-refractivity contribution in [3.63, 3.8) is 0 Å². The lowest BCUT2D eigenvalue weighted by molar-refractivity contribution is -0.385. The molecule has 0 radical (unpaired) electrons. The standard InChI is InChI=1S/C17H18N2O5S/c1-16(2)17(3,21)14(18-8-4-5-12(20)15(18)25)11-9-10(19(22)23)6-7-13(11)24-16/h4-7,9,14,21H,8H2,1-3H3. The first kappa shape index (κ1) is 17.5. The van der Waals surface area contributed by atoms with Crippen molar-refractivity contribution < 1.29 is 19.6 Å². The van der Waals surface area contributed by atoms with Crippen LogP contribution in [0.2, 0.25) is 0 Å². The third kappa shape index (κ3) is 2.61. The third-order valence-corrected chi connectivity index (χ3v) is 5.41. The van der Waals surface area contributed by atoms with Crippen LogP contribution in [0.3, 0.4) is 0 Å². The fourth-order valence-corrected chi connectivity index (χ4v) is 3.48. The summed E-state index contributed by atoms with van der Waals surface area (Å²) in [4.78, 5) is 24.4. The lowest BCUT2D eigenvalue weighted by atomic mass is 9.74. The van der Waals surface area contributed by atoms with Gasteiger partial charge in [0, 0.05) is 24.2 Å². The van der Waals surface area contributed by atoms with Gasteiger partial charge in [0.25, 0.3) is 5.69 Å². The first-order valence-corrected chi connectivity index (χ1v) is 8.18. The molecule has 1 aromatic carbocycles. The summed E-state index contributed by atoms with van der Waals surface area (Å²) in [6.45, 7) is 5.37. The number of hydrogen-bond acceptors (Lipinski definition) is 6. The summed E-state index contributed by atoms with van der Waals surface area (Å²) in [5, 5.41) is 22.4. The molecule has 0 saturated heterocycles. The van der Waals surface area contributed by atoms with E-state index in [1.54, 1.807) is 31.7 Å². The predicted octanol–water partition coefficient (Wildman–Crippen LogP) is 2.33. The van der Waals surface area contributed by atoms with E-state index in [4.69, 9.17) is 17.0 Å². The zero-order chi connectivity index (χ0) is 18.6. The van der Waals surface area contributed by atoms with Gasteiger partial charge in [0.15, 0.2) is 4.99 Å². The second-order valence-electron chi connectivity index (χ2n) is 6.87. The predicted molar refractivity (Wildman–Crippen MR) is 94.6 cm³/mol. The molecule has 2 heterocycles. The summed E-state index contributed by atoms with van der Waals surface area (Å²) in [5.41, 5.74) is -2.14. The van der Waals surface area contributed by atoms with E-state index in [-0.39, 0.29) is 16.5 Å². The Morgan fingerprint density at radius 1 is 1.40 bits per heavy atom. The van der Waals surface area contributed by atoms with Crippen LogP contribution < -0.4 is 4.74 Å². The van der Waals surface area contributed by atoms with E-state index >= 15 is 0 Å². The van der Waals surface area contributed by atoms with Crippen molar-refractivity contribution in [3.05, 3.63) is 46.0 Å². The number of non-ortho nitro benzene ring substituents is 1. The van der Waals surface area contributed by atoms with Crippen LogP contribution in [0.1, 0.15) is 32.4 Å². The average molecular weight is 362 g/mol. The number of aliphatic hydroxyl groups is 1. The van der Waals surface area contributed by atoms with Gasteiger partial charge < -0.3 is 14.7 Å². The van der Waals surface area contributed by atoms with E-state index in [1.807, 2.05) is 0 Å². The first-order valence-electron chi connectivity index (χ1n) is 7.77. The number of nitro benzene ring substituents is 1. The maximum absolute atomic E-state index is 12.0. The van der Waals surface area contributed by atoms with Crippen molar-refractivity contribution in [2.24, 2.45) is 0 Å². The molecule has 7 nitrogen and oxygen atoms in total. The summed E-state index contributed by atoms with van der Waals surface area (Å²) >= 11 is 5.26. The van der Waals surface area contributed by atoms with Gasteiger partial charge in [0.05, 0.1) is 11.0 Å². The zero-order valence-electron chi connectivity index (χ0n) is 14.1. The van der Waals surface area contributed by atoms with Crippen molar-refractivity contribution in [2.45, 2.75) is 38.0 Å². The minimum atomic E-state index is -1.45. The van der Waals surface area contributed by atoms with Gasteiger partial charge in [-0.1, -0.05) is 18.3 Å². The number of thiocarbonyl (C=S) groups is 1. The molecule has 8 heteroatoms. The highest BCUT2D eigenvalue weighted by Crippen LogP contribution is 2.50. The summed E-state index contributed by atoms with van der Waals surface area (Å²) in [6, 6.07) is 3.48. The molecular weight excluding hydrogens is 344 g/mol. The first-order chi connectivity index (χ1) is 11.6. The Morgan fingerprint density at radius 3 is 2.72 bits per heavy atom. The SMILES string of the molecule is CC1(C)Oc2ccc([N+](=O)[O-])cc2C(N2CC=CC(=O)C2=S)C1(C)O. The highest BCUT2D eigenvalue weighted by Gasteiger charge is 2.55. The second kappa shape index (κ2) is 5.60. The maximum Gasteiger partial charge on any atom is 0.270 e. The van der Waals surface area contributed by atoms with Gasteiger partial charge in [-0.3, -0.25) is 14.9 Å². The average Bonchev–Trinajstić information content (AvgIpc) is 2.51. The number of hydrogen-bond donors (Lipinski definition) is 1. The molecule has 132 valence electrons. The molecule has 1 N–H and O–H groups in total. The Hall–Kier alpha value is -2.32. The normalized spacial score (nSPS) is 27.7. The molecule has 0 aromatic heterocycles. The van der Waals surface area contributed by atoms with Crippen LogP contribution in [0.15, 0.2) is 30.4 Å². The van der Waals surface area contributed by atoms with Crippen LogP contribution in [0.5, 0.6) is 5.75 Å². The molecule has 2 aliphatic heterocycles. The van der Waals surface area contributed by atoms with Crippen LogP contribution in [0.25, 0.3) is 0 Å². The molecule has 0 fully saturated rings. The summed E-state index contributed by atoms with van der Waals surface area (Å²) in [7, 11) is 0. The molecule has 3 rings (SSSR count). The molecule has 2 atom stereocenters. The van der Waals surface area contributed by atoms with E-state index in [2.05, 4.69) is 0 Å². The molecule has 1 aromatic rings. The largest absolute Gasteiger partial charge is 0.484 e. The number of carbonyl (C=O) groups excluding carboxylic acids is 1. The van der Waals surface area contributed by atoms with Gasteiger partial charge in [-0.05, 0) is 32.9 Å². The smallest absolute Gasteiger partial charge is 0.270 e. The van der Waals surface area contributed by atoms with Crippen LogP contribution >= 0.6 is 12.2 Å². The van der Waals surface area contributed by atoms with Crippen molar-refractivity contribution in [1.29, 1.82) is 0 Å². The van der Waals surface area contributed by atoms with Crippen LogP contribution in [0, 0.1) is 10.1 Å². The second-order valence-corrected chi connectivity index (χ2v) is 7.25. The number of nitro groups is 1. The molecule has 0 saturated carbocycles. The van der Waals surface area contributed by atoms with E-state index in [1.165, 1.54) is 24.3 Å². The molecule has 0 amide bonds. The number of ketones is 1. The summed E-state index contributed by atoms with van der Waals surface area (Å²) < 4.78 is 5.91. The summed E-state index contributed by atoms with van der Waals surface area (Å²) in [6.07, 6.45) is 3.06. The summed E-state index contributed by atoms with van der Waals surface area (Å²) in [5.74, 6) is 0.102. The highest BCUT2D eigenvalue weighted by atomic mass is 32.1. The Kier molecular flexibility index (Phi) is 3.92. The van der Waals surface area contributed by atoms with Crippen molar-refractivity contribution in [1.82, 2.24) is 4.90 Å². The number of benzene rings is 1. The molecule has 25 heavy (non-hydrogen) atoms. The lowest BCUT2D eigenvalue weighted by Crippen LogP contribution is -2.63. The van der Waals surface area contributed by atoms with Crippen molar-refractivity contribution >= 4 is 28.7 Å². The Bertz CT molecular complexity index is 815.